The number of aromatic nitrogens is 2. The molecule has 2 nitrogen and oxygen atoms in total. The van der Waals surface area contributed by atoms with Crippen LogP contribution in [-0.2, 0) is 0 Å². The van der Waals surface area contributed by atoms with Gasteiger partial charge in [0.2, 0.25) is 0 Å². The van der Waals surface area contributed by atoms with E-state index in [-0.39, 0.29) is 0 Å². The molecule has 0 aliphatic rings. The minimum Gasteiger partial charge on any atom is -0.270 e. The van der Waals surface area contributed by atoms with Crippen molar-refractivity contribution in [2.24, 2.45) is 0 Å². The van der Waals surface area contributed by atoms with Crippen LogP contribution in [0.15, 0.2) is 41.9 Å². The van der Waals surface area contributed by atoms with Crippen molar-refractivity contribution in [2.45, 2.75) is 19.9 Å². The van der Waals surface area contributed by atoms with E-state index in [1.54, 1.807) is 11.3 Å². The molecule has 0 unspecified atom stereocenters. The Kier molecular flexibility index (Phi) is 2.48. The van der Waals surface area contributed by atoms with Gasteiger partial charge in [0, 0.05) is 33.3 Å². The first kappa shape index (κ1) is 10.5. The maximum Gasteiger partial charge on any atom is 0.0937 e. The lowest BCUT2D eigenvalue weighted by molar-refractivity contribution is 0.534. The maximum atomic E-state index is 4.63. The van der Waals surface area contributed by atoms with Gasteiger partial charge in [0.15, 0.2) is 0 Å². The second-order valence-electron chi connectivity index (χ2n) is 4.42. The molecule has 0 spiro atoms. The molecule has 3 heteroatoms. The zero-order chi connectivity index (χ0) is 11.8. The van der Waals surface area contributed by atoms with Crippen LogP contribution in [0, 0.1) is 0 Å². The lowest BCUT2D eigenvalue weighted by atomic mass is 10.1. The molecule has 0 bridgehead atoms. The monoisotopic (exact) mass is 242 g/mol. The molecule has 0 atom stereocenters. The average molecular weight is 242 g/mol. The summed E-state index contributed by atoms with van der Waals surface area (Å²) in [6.45, 7) is 4.28. The summed E-state index contributed by atoms with van der Waals surface area (Å²) in [5, 5.41) is 8.12. The van der Waals surface area contributed by atoms with Gasteiger partial charge in [-0.25, -0.2) is 0 Å². The summed E-state index contributed by atoms with van der Waals surface area (Å²) in [4.78, 5) is 0. The van der Waals surface area contributed by atoms with Crippen LogP contribution >= 0.6 is 11.3 Å². The summed E-state index contributed by atoms with van der Waals surface area (Å²) in [6, 6.07) is 11.0. The van der Waals surface area contributed by atoms with Gasteiger partial charge in [0.1, 0.15) is 0 Å². The molecular formula is C14H14N2S. The van der Waals surface area contributed by atoms with Gasteiger partial charge >= 0.3 is 0 Å². The number of hydrogen-bond acceptors (Lipinski definition) is 2. The molecule has 86 valence electrons. The number of hydrogen-bond donors (Lipinski definition) is 0. The average Bonchev–Trinajstić information content (AvgIpc) is 2.95. The summed E-state index contributed by atoms with van der Waals surface area (Å²) >= 11 is 1.78. The highest BCUT2D eigenvalue weighted by atomic mass is 32.1. The fourth-order valence-electron chi connectivity index (χ4n) is 1.95. The van der Waals surface area contributed by atoms with Crippen LogP contribution in [0.5, 0.6) is 0 Å². The quantitative estimate of drug-likeness (QED) is 0.653. The van der Waals surface area contributed by atoms with Gasteiger partial charge in [-0.05, 0) is 26.0 Å². The van der Waals surface area contributed by atoms with Crippen molar-refractivity contribution in [1.82, 2.24) is 9.78 Å². The smallest absolute Gasteiger partial charge is 0.0937 e. The molecule has 1 aromatic carbocycles. The summed E-state index contributed by atoms with van der Waals surface area (Å²) in [5.74, 6) is 0. The Bertz CT molecular complexity index is 649. The number of fused-ring (bicyclic) bond motifs is 1. The van der Waals surface area contributed by atoms with E-state index in [1.807, 2.05) is 10.9 Å². The fraction of sp³-hybridized carbons (Fsp3) is 0.214. The molecule has 0 saturated heterocycles. The van der Waals surface area contributed by atoms with E-state index < -0.39 is 0 Å². The molecular weight excluding hydrogens is 228 g/mol. The minimum atomic E-state index is 0.411. The summed E-state index contributed by atoms with van der Waals surface area (Å²) in [5.41, 5.74) is 2.31. The minimum absolute atomic E-state index is 0.411. The lowest BCUT2D eigenvalue weighted by Crippen LogP contribution is -2.00. The first-order valence-corrected chi connectivity index (χ1v) is 6.65. The third-order valence-electron chi connectivity index (χ3n) is 2.89. The van der Waals surface area contributed by atoms with Crippen molar-refractivity contribution in [3.8, 4) is 11.3 Å². The zero-order valence-electron chi connectivity index (χ0n) is 9.92. The standard InChI is InChI=1S/C14H14N2S/c1-10(2)16-8-7-13(15-16)12-9-17-14-6-4-3-5-11(12)14/h3-10H,1-2H3. The largest absolute Gasteiger partial charge is 0.270 e. The van der Waals surface area contributed by atoms with Crippen LogP contribution in [0.3, 0.4) is 0 Å². The van der Waals surface area contributed by atoms with Gasteiger partial charge in [-0.2, -0.15) is 5.10 Å². The van der Waals surface area contributed by atoms with Gasteiger partial charge in [-0.3, -0.25) is 4.68 Å². The van der Waals surface area contributed by atoms with Crippen molar-refractivity contribution in [2.75, 3.05) is 0 Å². The van der Waals surface area contributed by atoms with Crippen LogP contribution in [0.1, 0.15) is 19.9 Å². The second kappa shape index (κ2) is 4.00. The molecule has 2 aromatic heterocycles. The Balaban J connectivity index is 2.14. The third-order valence-corrected chi connectivity index (χ3v) is 3.86. The highest BCUT2D eigenvalue weighted by Gasteiger charge is 2.09. The van der Waals surface area contributed by atoms with Crippen molar-refractivity contribution in [1.29, 1.82) is 0 Å². The molecule has 2 heterocycles. The summed E-state index contributed by atoms with van der Waals surface area (Å²) < 4.78 is 3.32. The normalized spacial score (nSPS) is 11.5. The van der Waals surface area contributed by atoms with Crippen molar-refractivity contribution in [3.63, 3.8) is 0 Å². The third kappa shape index (κ3) is 1.76. The molecule has 0 aliphatic heterocycles. The van der Waals surface area contributed by atoms with E-state index >= 15 is 0 Å². The van der Waals surface area contributed by atoms with E-state index in [0.717, 1.165) is 5.69 Å². The molecule has 0 radical (unpaired) electrons. The predicted molar refractivity (Wildman–Crippen MR) is 73.4 cm³/mol. The van der Waals surface area contributed by atoms with E-state index in [9.17, 15) is 0 Å². The first-order valence-electron chi connectivity index (χ1n) is 5.77. The van der Waals surface area contributed by atoms with E-state index in [0.29, 0.717) is 6.04 Å². The molecule has 3 aromatic rings. The summed E-state index contributed by atoms with van der Waals surface area (Å²) in [7, 11) is 0. The van der Waals surface area contributed by atoms with Crippen LogP contribution in [-0.4, -0.2) is 9.78 Å². The highest BCUT2D eigenvalue weighted by Crippen LogP contribution is 2.32. The SMILES string of the molecule is CC(C)n1ccc(-c2csc3ccccc23)n1. The Morgan fingerprint density at radius 1 is 1.18 bits per heavy atom. The fourth-order valence-corrected chi connectivity index (χ4v) is 2.90. The molecule has 3 rings (SSSR count). The van der Waals surface area contributed by atoms with E-state index in [4.69, 9.17) is 0 Å². The molecule has 0 amide bonds. The highest BCUT2D eigenvalue weighted by molar-refractivity contribution is 7.17. The zero-order valence-corrected chi connectivity index (χ0v) is 10.7. The summed E-state index contributed by atoms with van der Waals surface area (Å²) in [6.07, 6.45) is 2.05. The Morgan fingerprint density at radius 3 is 2.76 bits per heavy atom. The van der Waals surface area contributed by atoms with Crippen LogP contribution in [0.4, 0.5) is 0 Å². The van der Waals surface area contributed by atoms with Crippen LogP contribution in [0.2, 0.25) is 0 Å². The molecule has 17 heavy (non-hydrogen) atoms. The van der Waals surface area contributed by atoms with Crippen molar-refractivity contribution in [3.05, 3.63) is 41.9 Å². The number of thiophene rings is 1. The van der Waals surface area contributed by atoms with E-state index in [2.05, 4.69) is 54.7 Å². The molecule has 0 aliphatic carbocycles. The Morgan fingerprint density at radius 2 is 2.00 bits per heavy atom. The van der Waals surface area contributed by atoms with Gasteiger partial charge in [0.05, 0.1) is 5.69 Å². The number of rotatable bonds is 2. The maximum absolute atomic E-state index is 4.63. The number of benzene rings is 1. The van der Waals surface area contributed by atoms with Crippen LogP contribution in [0.25, 0.3) is 21.3 Å². The lowest BCUT2D eigenvalue weighted by Gasteiger charge is -2.03. The van der Waals surface area contributed by atoms with Crippen molar-refractivity contribution < 1.29 is 0 Å². The first-order chi connectivity index (χ1) is 8.25. The Hall–Kier alpha value is -1.61. The van der Waals surface area contributed by atoms with E-state index in [1.165, 1.54) is 15.6 Å². The van der Waals surface area contributed by atoms with Gasteiger partial charge in [-0.1, -0.05) is 18.2 Å². The Labute approximate surface area is 105 Å². The number of nitrogens with zero attached hydrogens (tertiary/aromatic N) is 2. The molecule has 0 fully saturated rings. The molecule has 0 N–H and O–H groups in total. The predicted octanol–water partition coefficient (Wildman–Crippen LogP) is 4.35. The van der Waals surface area contributed by atoms with Crippen molar-refractivity contribution >= 4 is 21.4 Å². The van der Waals surface area contributed by atoms with Crippen LogP contribution < -0.4 is 0 Å². The van der Waals surface area contributed by atoms with Gasteiger partial charge in [0.25, 0.3) is 0 Å². The van der Waals surface area contributed by atoms with Gasteiger partial charge in [-0.15, -0.1) is 11.3 Å². The molecule has 0 saturated carbocycles. The van der Waals surface area contributed by atoms with Gasteiger partial charge < -0.3 is 0 Å². The second-order valence-corrected chi connectivity index (χ2v) is 5.33. The topological polar surface area (TPSA) is 17.8 Å².